The number of anilines is 1. The molecule has 0 N–H and O–H groups in total. The van der Waals surface area contributed by atoms with Crippen molar-refractivity contribution in [2.75, 3.05) is 18.5 Å². The van der Waals surface area contributed by atoms with E-state index in [1.807, 2.05) is 103 Å². The van der Waals surface area contributed by atoms with Gasteiger partial charge in [0.15, 0.2) is 28.8 Å². The first-order valence-electron chi connectivity index (χ1n) is 16.2. The van der Waals surface area contributed by atoms with Crippen LogP contribution in [0.15, 0.2) is 127 Å². The van der Waals surface area contributed by atoms with E-state index in [1.165, 1.54) is 4.90 Å². The smallest absolute Gasteiger partial charge is 0.239 e. The van der Waals surface area contributed by atoms with Crippen LogP contribution in [0.2, 0.25) is 0 Å². The number of fused-ring (bicyclic) bond motifs is 7. The molecule has 2 bridgehead atoms. The Kier molecular flexibility index (Phi) is 5.66. The summed E-state index contributed by atoms with van der Waals surface area (Å²) in [4.78, 5) is 47.6. The number of carbonyl (C=O) groups excluding carboxylic acids is 3. The zero-order chi connectivity index (χ0) is 32.9. The molecule has 2 amide bonds. The summed E-state index contributed by atoms with van der Waals surface area (Å²) in [5.74, 6) is -0.815. The van der Waals surface area contributed by atoms with Gasteiger partial charge in [-0.2, -0.15) is 0 Å². The van der Waals surface area contributed by atoms with Crippen LogP contribution >= 0.6 is 0 Å². The Morgan fingerprint density at radius 1 is 0.490 bits per heavy atom. The molecular formula is C41H27NO7. The lowest BCUT2D eigenvalue weighted by Crippen LogP contribution is -2.45. The molecule has 10 rings (SSSR count). The SMILES string of the molecule is O=C1[C@H]2[C@H](C(=O)N1c1ccccc1)[C@@]1(c3ccccc3)C(=O)[C@@]2(c2ccccc2)C(c2ccc3c(c2)OCO3)=C1c1ccc2c(c1)OCO2. The lowest BCUT2D eigenvalue weighted by molar-refractivity contribution is -0.130. The van der Waals surface area contributed by atoms with Crippen LogP contribution in [-0.2, 0) is 25.2 Å². The fourth-order valence-corrected chi connectivity index (χ4v) is 9.06. The molecule has 4 atom stereocenters. The first-order valence-corrected chi connectivity index (χ1v) is 16.2. The Hall–Kier alpha value is -6.15. The minimum absolute atomic E-state index is 0.0767. The summed E-state index contributed by atoms with van der Waals surface area (Å²) in [7, 11) is 0. The quantitative estimate of drug-likeness (QED) is 0.206. The van der Waals surface area contributed by atoms with E-state index in [2.05, 4.69) is 0 Å². The second-order valence-corrected chi connectivity index (χ2v) is 12.9. The number of benzene rings is 5. The van der Waals surface area contributed by atoms with Crippen LogP contribution in [0.4, 0.5) is 5.69 Å². The molecule has 3 aliphatic heterocycles. The predicted octanol–water partition coefficient (Wildman–Crippen LogP) is 6.33. The van der Waals surface area contributed by atoms with Gasteiger partial charge in [0.05, 0.1) is 28.4 Å². The molecule has 8 nitrogen and oxygen atoms in total. The van der Waals surface area contributed by atoms with Crippen LogP contribution < -0.4 is 23.8 Å². The summed E-state index contributed by atoms with van der Waals surface area (Å²) < 4.78 is 23.1. The van der Waals surface area contributed by atoms with Gasteiger partial charge in [-0.15, -0.1) is 0 Å². The predicted molar refractivity (Wildman–Crippen MR) is 179 cm³/mol. The van der Waals surface area contributed by atoms with Gasteiger partial charge >= 0.3 is 0 Å². The van der Waals surface area contributed by atoms with E-state index < -0.39 is 34.5 Å². The summed E-state index contributed by atoms with van der Waals surface area (Å²) in [6.45, 7) is 0.153. The number of carbonyl (C=O) groups is 3. The number of allylic oxidation sites excluding steroid dienone is 2. The van der Waals surface area contributed by atoms with E-state index >= 15 is 14.4 Å². The van der Waals surface area contributed by atoms with Gasteiger partial charge in [0.1, 0.15) is 0 Å². The summed E-state index contributed by atoms with van der Waals surface area (Å²) in [6, 6.07) is 39.1. The van der Waals surface area contributed by atoms with Crippen molar-refractivity contribution >= 4 is 34.4 Å². The highest BCUT2D eigenvalue weighted by atomic mass is 16.7. The van der Waals surface area contributed by atoms with Crippen LogP contribution in [0.1, 0.15) is 22.3 Å². The number of ether oxygens (including phenoxy) is 4. The number of amides is 2. The number of rotatable bonds is 5. The van der Waals surface area contributed by atoms with Crippen molar-refractivity contribution in [3.63, 3.8) is 0 Å². The molecule has 1 saturated carbocycles. The highest BCUT2D eigenvalue weighted by molar-refractivity contribution is 6.39. The molecule has 0 spiro atoms. The molecule has 3 heterocycles. The van der Waals surface area contributed by atoms with Crippen molar-refractivity contribution in [1.82, 2.24) is 0 Å². The fraction of sp³-hybridized carbons (Fsp3) is 0.146. The number of hydrogen-bond acceptors (Lipinski definition) is 7. The van der Waals surface area contributed by atoms with Crippen LogP contribution in [0.5, 0.6) is 23.0 Å². The second-order valence-electron chi connectivity index (χ2n) is 12.9. The van der Waals surface area contributed by atoms with Gasteiger partial charge in [0, 0.05) is 0 Å². The van der Waals surface area contributed by atoms with Crippen molar-refractivity contribution in [2.45, 2.75) is 10.8 Å². The highest BCUT2D eigenvalue weighted by Crippen LogP contribution is 2.74. The van der Waals surface area contributed by atoms with Crippen LogP contribution in [0.3, 0.4) is 0 Å². The molecule has 49 heavy (non-hydrogen) atoms. The molecule has 0 radical (unpaired) electrons. The van der Waals surface area contributed by atoms with Crippen molar-refractivity contribution < 1.29 is 33.3 Å². The van der Waals surface area contributed by atoms with Gasteiger partial charge in [-0.05, 0) is 69.8 Å². The molecule has 5 aliphatic rings. The number of nitrogens with zero attached hydrogens (tertiary/aromatic N) is 1. The second kappa shape index (κ2) is 9.93. The Bertz CT molecular complexity index is 2130. The van der Waals surface area contributed by atoms with Gasteiger partial charge in [-0.25, -0.2) is 4.90 Å². The summed E-state index contributed by atoms with van der Waals surface area (Å²) in [5.41, 5.74) is 1.38. The summed E-state index contributed by atoms with van der Waals surface area (Å²) in [6.07, 6.45) is 0. The Morgan fingerprint density at radius 2 is 0.898 bits per heavy atom. The highest BCUT2D eigenvalue weighted by Gasteiger charge is 2.82. The molecule has 5 aromatic carbocycles. The average molecular weight is 646 g/mol. The van der Waals surface area contributed by atoms with E-state index in [-0.39, 0.29) is 19.4 Å². The Morgan fingerprint density at radius 3 is 1.35 bits per heavy atom. The number of imide groups is 1. The lowest BCUT2D eigenvalue weighted by Gasteiger charge is -2.39. The first kappa shape index (κ1) is 27.9. The number of ketones is 1. The number of Topliss-reactive ketones (excluding diaryl/α,β-unsaturated/α-hetero) is 1. The molecule has 2 fully saturated rings. The minimum atomic E-state index is -1.54. The minimum Gasteiger partial charge on any atom is -0.454 e. The molecule has 8 heteroatoms. The summed E-state index contributed by atoms with van der Waals surface area (Å²) in [5, 5.41) is 0. The van der Waals surface area contributed by atoms with Gasteiger partial charge in [0.2, 0.25) is 25.4 Å². The zero-order valence-corrected chi connectivity index (χ0v) is 26.0. The largest absolute Gasteiger partial charge is 0.454 e. The van der Waals surface area contributed by atoms with Gasteiger partial charge in [0.25, 0.3) is 0 Å². The maximum absolute atomic E-state index is 16.1. The molecule has 1 saturated heterocycles. The maximum atomic E-state index is 16.1. The standard InChI is InChI=1S/C41H27NO7/c43-37-35-36(38(44)42(37)28-14-8-3-9-15-28)41(27-12-6-2-7-13-27)34(25-17-19-30-32(21-25)49-23-47-30)33(24-16-18-29-31(20-24)48-22-46-29)40(35,39(41)45)26-10-4-1-5-11-26/h1-21,35-36H,22-23H2/t35-,36-,40+,41+/m1/s1. The van der Waals surface area contributed by atoms with Crippen molar-refractivity contribution in [1.29, 1.82) is 0 Å². The maximum Gasteiger partial charge on any atom is 0.239 e. The molecule has 2 aliphatic carbocycles. The Balaban J connectivity index is 1.38. The molecule has 0 aromatic heterocycles. The van der Waals surface area contributed by atoms with E-state index in [0.29, 0.717) is 62.1 Å². The van der Waals surface area contributed by atoms with Gasteiger partial charge < -0.3 is 18.9 Å². The third-order valence-corrected chi connectivity index (χ3v) is 10.8. The fourth-order valence-electron chi connectivity index (χ4n) is 9.06. The zero-order valence-electron chi connectivity index (χ0n) is 26.0. The molecule has 5 aromatic rings. The van der Waals surface area contributed by atoms with Crippen LogP contribution in [0, 0.1) is 11.8 Å². The first-order chi connectivity index (χ1) is 24.1. The van der Waals surface area contributed by atoms with Crippen molar-refractivity contribution in [3.05, 3.63) is 150 Å². The van der Waals surface area contributed by atoms with E-state index in [4.69, 9.17) is 18.9 Å². The third-order valence-electron chi connectivity index (χ3n) is 10.8. The topological polar surface area (TPSA) is 91.4 Å². The monoisotopic (exact) mass is 645 g/mol. The van der Waals surface area contributed by atoms with E-state index in [0.717, 1.165) is 0 Å². The number of para-hydroxylation sites is 1. The summed E-state index contributed by atoms with van der Waals surface area (Å²) >= 11 is 0. The molecule has 0 unspecified atom stereocenters. The van der Waals surface area contributed by atoms with E-state index in [1.54, 1.807) is 24.3 Å². The third kappa shape index (κ3) is 3.40. The van der Waals surface area contributed by atoms with Gasteiger partial charge in [-0.1, -0.05) is 91.0 Å². The van der Waals surface area contributed by atoms with Crippen LogP contribution in [0.25, 0.3) is 11.1 Å². The van der Waals surface area contributed by atoms with Gasteiger partial charge in [-0.3, -0.25) is 14.4 Å². The lowest BCUT2D eigenvalue weighted by atomic mass is 9.59. The Labute approximate surface area is 281 Å². The molecular weight excluding hydrogens is 618 g/mol. The van der Waals surface area contributed by atoms with Crippen molar-refractivity contribution in [3.8, 4) is 23.0 Å². The van der Waals surface area contributed by atoms with Crippen molar-refractivity contribution in [2.24, 2.45) is 11.8 Å². The normalized spacial score (nSPS) is 25.8. The average Bonchev–Trinajstić information content (AvgIpc) is 3.95. The van der Waals surface area contributed by atoms with E-state index in [9.17, 15) is 0 Å². The van der Waals surface area contributed by atoms with Crippen LogP contribution in [-0.4, -0.2) is 31.2 Å². The number of hydrogen-bond donors (Lipinski definition) is 0. The molecule has 238 valence electrons.